The molecule has 0 unspecified atom stereocenters. The minimum absolute atomic E-state index is 0.122. The van der Waals surface area contributed by atoms with Gasteiger partial charge in [-0.3, -0.25) is 0 Å². The van der Waals surface area contributed by atoms with E-state index in [1.165, 1.54) is 29.1 Å². The number of rotatable bonds is 3. The lowest BCUT2D eigenvalue weighted by atomic mass is 10.2. The zero-order chi connectivity index (χ0) is 12.4. The summed E-state index contributed by atoms with van der Waals surface area (Å²) in [5.74, 6) is -0.727. The maximum Gasteiger partial charge on any atom is 0.389 e. The maximum atomic E-state index is 13.4. The smallest absolute Gasteiger partial charge is 0.358 e. The second kappa shape index (κ2) is 4.50. The molecule has 0 amide bonds. The van der Waals surface area contributed by atoms with Crippen LogP contribution in [0, 0.1) is 15.9 Å². The molecule has 0 bridgehead atoms. The lowest BCUT2D eigenvalue weighted by molar-refractivity contribution is -0.389. The summed E-state index contributed by atoms with van der Waals surface area (Å²) in [6.07, 6.45) is 1.42. The summed E-state index contributed by atoms with van der Waals surface area (Å²) >= 11 is 5.61. The molecular formula is C10H7ClFN3O2. The molecule has 1 heterocycles. The molecule has 7 heteroatoms. The van der Waals surface area contributed by atoms with Crippen LogP contribution in [0.2, 0.25) is 5.02 Å². The molecule has 0 N–H and O–H groups in total. The second-order valence-corrected chi connectivity index (χ2v) is 3.80. The fraction of sp³-hybridized carbons (Fsp3) is 0.100. The minimum Gasteiger partial charge on any atom is -0.358 e. The fourth-order valence-corrected chi connectivity index (χ4v) is 1.52. The number of hydrogen-bond donors (Lipinski definition) is 0. The quantitative estimate of drug-likeness (QED) is 0.626. The van der Waals surface area contributed by atoms with Crippen molar-refractivity contribution in [2.24, 2.45) is 0 Å². The van der Waals surface area contributed by atoms with Crippen LogP contribution in [-0.4, -0.2) is 14.7 Å². The van der Waals surface area contributed by atoms with Crippen LogP contribution in [-0.2, 0) is 6.54 Å². The molecular weight excluding hydrogens is 249 g/mol. The SMILES string of the molecule is O=[N+]([O-])c1ccn(Cc2ccc(Cl)cc2F)n1. The predicted molar refractivity (Wildman–Crippen MR) is 59.4 cm³/mol. The van der Waals surface area contributed by atoms with Crippen LogP contribution in [0.15, 0.2) is 30.5 Å². The Hall–Kier alpha value is -1.95. The van der Waals surface area contributed by atoms with Crippen molar-refractivity contribution >= 4 is 17.4 Å². The Bertz CT molecular complexity index is 570. The number of benzene rings is 1. The number of hydrogen-bond acceptors (Lipinski definition) is 3. The first-order valence-corrected chi connectivity index (χ1v) is 5.06. The third kappa shape index (κ3) is 2.59. The van der Waals surface area contributed by atoms with Crippen molar-refractivity contribution in [2.45, 2.75) is 6.54 Å². The molecule has 17 heavy (non-hydrogen) atoms. The number of nitrogens with zero attached hydrogens (tertiary/aromatic N) is 3. The Balaban J connectivity index is 2.22. The first kappa shape index (κ1) is 11.5. The number of aromatic nitrogens is 2. The van der Waals surface area contributed by atoms with Crippen molar-refractivity contribution in [3.8, 4) is 0 Å². The highest BCUT2D eigenvalue weighted by atomic mass is 35.5. The van der Waals surface area contributed by atoms with E-state index >= 15 is 0 Å². The van der Waals surface area contributed by atoms with Crippen molar-refractivity contribution in [1.29, 1.82) is 0 Å². The largest absolute Gasteiger partial charge is 0.389 e. The van der Waals surface area contributed by atoms with Gasteiger partial charge in [-0.05, 0) is 17.1 Å². The van der Waals surface area contributed by atoms with Gasteiger partial charge in [0.2, 0.25) is 0 Å². The van der Waals surface area contributed by atoms with Crippen molar-refractivity contribution in [1.82, 2.24) is 9.78 Å². The first-order chi connectivity index (χ1) is 8.06. The molecule has 0 saturated heterocycles. The van der Waals surface area contributed by atoms with Crippen LogP contribution in [0.4, 0.5) is 10.2 Å². The van der Waals surface area contributed by atoms with E-state index in [2.05, 4.69) is 5.10 Å². The summed E-state index contributed by atoms with van der Waals surface area (Å²) in [5, 5.41) is 14.4. The normalized spacial score (nSPS) is 10.5. The molecule has 88 valence electrons. The standard InChI is InChI=1S/C10H7ClFN3O2/c11-8-2-1-7(9(12)5-8)6-14-4-3-10(13-14)15(16)17/h1-5H,6H2. The first-order valence-electron chi connectivity index (χ1n) is 4.68. The molecule has 0 atom stereocenters. The van der Waals surface area contributed by atoms with Crippen LogP contribution < -0.4 is 0 Å². The van der Waals surface area contributed by atoms with E-state index in [4.69, 9.17) is 11.6 Å². The Morgan fingerprint density at radius 3 is 2.82 bits per heavy atom. The van der Waals surface area contributed by atoms with E-state index in [1.54, 1.807) is 6.07 Å². The Kier molecular flexibility index (Phi) is 3.06. The van der Waals surface area contributed by atoms with Crippen molar-refractivity contribution < 1.29 is 9.31 Å². The van der Waals surface area contributed by atoms with Gasteiger partial charge in [-0.2, -0.15) is 4.68 Å². The summed E-state index contributed by atoms with van der Waals surface area (Å²) in [7, 11) is 0. The van der Waals surface area contributed by atoms with E-state index in [-0.39, 0.29) is 12.4 Å². The van der Waals surface area contributed by atoms with Crippen molar-refractivity contribution in [2.75, 3.05) is 0 Å². The zero-order valence-corrected chi connectivity index (χ0v) is 9.26. The molecule has 1 aromatic heterocycles. The lowest BCUT2D eigenvalue weighted by Gasteiger charge is -2.00. The van der Waals surface area contributed by atoms with Crippen LogP contribution in [0.1, 0.15) is 5.56 Å². The van der Waals surface area contributed by atoms with Gasteiger partial charge in [0.1, 0.15) is 5.82 Å². The van der Waals surface area contributed by atoms with E-state index < -0.39 is 10.7 Å². The molecule has 1 aromatic carbocycles. The van der Waals surface area contributed by atoms with Gasteiger partial charge in [0.15, 0.2) is 0 Å². The maximum absolute atomic E-state index is 13.4. The Morgan fingerprint density at radius 1 is 1.47 bits per heavy atom. The topological polar surface area (TPSA) is 61.0 Å². The van der Waals surface area contributed by atoms with E-state index in [1.807, 2.05) is 0 Å². The molecule has 5 nitrogen and oxygen atoms in total. The van der Waals surface area contributed by atoms with Gasteiger partial charge in [-0.25, -0.2) is 4.39 Å². The van der Waals surface area contributed by atoms with Crippen LogP contribution in [0.25, 0.3) is 0 Å². The van der Waals surface area contributed by atoms with Gasteiger partial charge in [-0.15, -0.1) is 0 Å². The molecule has 0 aliphatic rings. The third-order valence-corrected chi connectivity index (χ3v) is 2.40. The summed E-state index contributed by atoms with van der Waals surface area (Å²) in [4.78, 5) is 9.81. The summed E-state index contributed by atoms with van der Waals surface area (Å²) < 4.78 is 14.7. The van der Waals surface area contributed by atoms with E-state index in [0.717, 1.165) is 0 Å². The van der Waals surface area contributed by atoms with Gasteiger partial charge in [0, 0.05) is 10.6 Å². The van der Waals surface area contributed by atoms with E-state index in [9.17, 15) is 14.5 Å². The zero-order valence-electron chi connectivity index (χ0n) is 8.51. The fourth-order valence-electron chi connectivity index (χ4n) is 1.36. The lowest BCUT2D eigenvalue weighted by Crippen LogP contribution is -2.03. The van der Waals surface area contributed by atoms with E-state index in [0.29, 0.717) is 10.6 Å². The summed E-state index contributed by atoms with van der Waals surface area (Å²) in [6.45, 7) is 0.122. The second-order valence-electron chi connectivity index (χ2n) is 3.36. The van der Waals surface area contributed by atoms with Gasteiger partial charge in [0.25, 0.3) is 0 Å². The third-order valence-electron chi connectivity index (χ3n) is 2.16. The van der Waals surface area contributed by atoms with Gasteiger partial charge in [0.05, 0.1) is 23.9 Å². The monoisotopic (exact) mass is 255 g/mol. The number of nitro groups is 1. The highest BCUT2D eigenvalue weighted by Crippen LogP contribution is 2.16. The van der Waals surface area contributed by atoms with Crippen LogP contribution >= 0.6 is 11.6 Å². The molecule has 0 aliphatic heterocycles. The van der Waals surface area contributed by atoms with Gasteiger partial charge >= 0.3 is 5.82 Å². The predicted octanol–water partition coefficient (Wildman–Crippen LogP) is 2.63. The molecule has 0 spiro atoms. The highest BCUT2D eigenvalue weighted by Gasteiger charge is 2.12. The summed E-state index contributed by atoms with van der Waals surface area (Å²) in [5.41, 5.74) is 0.368. The van der Waals surface area contributed by atoms with Crippen LogP contribution in [0.3, 0.4) is 0 Å². The molecule has 2 aromatic rings. The number of halogens is 2. The Labute approximate surface area is 101 Å². The van der Waals surface area contributed by atoms with Crippen molar-refractivity contribution in [3.63, 3.8) is 0 Å². The average Bonchev–Trinajstić information content (AvgIpc) is 2.71. The molecule has 2 rings (SSSR count). The van der Waals surface area contributed by atoms with Crippen molar-refractivity contribution in [3.05, 3.63) is 57.0 Å². The van der Waals surface area contributed by atoms with Gasteiger partial charge in [-0.1, -0.05) is 17.7 Å². The highest BCUT2D eigenvalue weighted by molar-refractivity contribution is 6.30. The molecule has 0 saturated carbocycles. The average molecular weight is 256 g/mol. The molecule has 0 aliphatic carbocycles. The van der Waals surface area contributed by atoms with Crippen LogP contribution in [0.5, 0.6) is 0 Å². The summed E-state index contributed by atoms with van der Waals surface area (Å²) in [6, 6.07) is 5.52. The molecule has 0 radical (unpaired) electrons. The Morgan fingerprint density at radius 2 is 2.24 bits per heavy atom. The minimum atomic E-state index is -0.602. The molecule has 0 fully saturated rings. The van der Waals surface area contributed by atoms with Gasteiger partial charge < -0.3 is 10.1 Å².